The van der Waals surface area contributed by atoms with Crippen molar-refractivity contribution in [1.82, 2.24) is 9.47 Å². The van der Waals surface area contributed by atoms with Crippen LogP contribution in [0, 0.1) is 13.8 Å². The van der Waals surface area contributed by atoms with Crippen LogP contribution < -0.4 is 0 Å². The first-order valence-electron chi connectivity index (χ1n) is 7.50. The summed E-state index contributed by atoms with van der Waals surface area (Å²) in [5, 5.41) is 1.26. The highest BCUT2D eigenvalue weighted by Crippen LogP contribution is 2.25. The smallest absolute Gasteiger partial charge is 0.242 e. The Morgan fingerprint density at radius 3 is 2.55 bits per heavy atom. The van der Waals surface area contributed by atoms with Crippen LogP contribution >= 0.6 is 0 Å². The minimum absolute atomic E-state index is 0.258. The summed E-state index contributed by atoms with van der Waals surface area (Å²) in [6.45, 7) is 6.57. The summed E-state index contributed by atoms with van der Waals surface area (Å²) in [4.78, 5) is 14.5. The zero-order valence-corrected chi connectivity index (χ0v) is 12.4. The molecule has 2 aromatic rings. The normalized spacial score (nSPS) is 15.8. The van der Waals surface area contributed by atoms with Gasteiger partial charge in [-0.25, -0.2) is 0 Å². The Hall–Kier alpha value is -1.77. The first-order valence-corrected chi connectivity index (χ1v) is 7.50. The fourth-order valence-electron chi connectivity index (χ4n) is 3.19. The Labute approximate surface area is 120 Å². The first-order chi connectivity index (χ1) is 9.68. The van der Waals surface area contributed by atoms with Crippen LogP contribution in [0.5, 0.6) is 0 Å². The van der Waals surface area contributed by atoms with E-state index in [0.29, 0.717) is 6.54 Å². The van der Waals surface area contributed by atoms with Gasteiger partial charge in [0.1, 0.15) is 6.54 Å². The van der Waals surface area contributed by atoms with Gasteiger partial charge in [-0.1, -0.05) is 18.2 Å². The van der Waals surface area contributed by atoms with Gasteiger partial charge in [0.2, 0.25) is 5.91 Å². The van der Waals surface area contributed by atoms with Crippen LogP contribution in [-0.4, -0.2) is 28.5 Å². The summed E-state index contributed by atoms with van der Waals surface area (Å²) in [6, 6.07) is 8.35. The molecule has 1 aromatic heterocycles. The molecule has 0 radical (unpaired) electrons. The molecule has 1 aromatic carbocycles. The number of fused-ring (bicyclic) bond motifs is 1. The van der Waals surface area contributed by atoms with Crippen molar-refractivity contribution >= 4 is 16.8 Å². The summed E-state index contributed by atoms with van der Waals surface area (Å²) >= 11 is 0. The molecule has 20 heavy (non-hydrogen) atoms. The van der Waals surface area contributed by atoms with E-state index in [0.717, 1.165) is 25.9 Å². The van der Waals surface area contributed by atoms with Crippen LogP contribution in [0.3, 0.4) is 0 Å². The van der Waals surface area contributed by atoms with Crippen LogP contribution in [0.25, 0.3) is 10.9 Å². The van der Waals surface area contributed by atoms with Gasteiger partial charge < -0.3 is 9.47 Å². The van der Waals surface area contributed by atoms with Crippen molar-refractivity contribution in [2.24, 2.45) is 0 Å². The van der Waals surface area contributed by atoms with Gasteiger partial charge in [0.15, 0.2) is 0 Å². The van der Waals surface area contributed by atoms with Crippen molar-refractivity contribution in [1.29, 1.82) is 0 Å². The lowest BCUT2D eigenvalue weighted by Crippen LogP contribution is -2.37. The van der Waals surface area contributed by atoms with Gasteiger partial charge >= 0.3 is 0 Å². The van der Waals surface area contributed by atoms with Gasteiger partial charge in [0.25, 0.3) is 0 Å². The molecule has 3 heteroatoms. The Morgan fingerprint density at radius 1 is 1.10 bits per heavy atom. The number of nitrogens with zero attached hydrogens (tertiary/aromatic N) is 2. The number of carbonyl (C=O) groups excluding carboxylic acids is 1. The number of aromatic nitrogens is 1. The zero-order valence-electron chi connectivity index (χ0n) is 12.4. The van der Waals surface area contributed by atoms with Crippen molar-refractivity contribution in [3.8, 4) is 0 Å². The van der Waals surface area contributed by atoms with E-state index < -0.39 is 0 Å². The quantitative estimate of drug-likeness (QED) is 0.822. The zero-order chi connectivity index (χ0) is 14.1. The van der Waals surface area contributed by atoms with Crippen LogP contribution in [-0.2, 0) is 11.3 Å². The number of hydrogen-bond acceptors (Lipinski definition) is 1. The summed E-state index contributed by atoms with van der Waals surface area (Å²) < 4.78 is 2.17. The molecule has 1 amide bonds. The Bertz CT molecular complexity index is 636. The van der Waals surface area contributed by atoms with Gasteiger partial charge in [0.05, 0.1) is 0 Å². The molecule has 3 nitrogen and oxygen atoms in total. The predicted molar refractivity (Wildman–Crippen MR) is 81.8 cm³/mol. The lowest BCUT2D eigenvalue weighted by molar-refractivity contribution is -0.132. The van der Waals surface area contributed by atoms with Crippen LogP contribution in [0.2, 0.25) is 0 Å². The molecule has 1 aliphatic heterocycles. The van der Waals surface area contributed by atoms with Gasteiger partial charge in [-0.05, 0) is 44.7 Å². The van der Waals surface area contributed by atoms with E-state index in [2.05, 4.69) is 36.6 Å². The summed E-state index contributed by atoms with van der Waals surface area (Å²) in [6.07, 6.45) is 3.56. The Balaban J connectivity index is 1.90. The molecule has 1 fully saturated rings. The highest BCUT2D eigenvalue weighted by atomic mass is 16.2. The molecule has 0 bridgehead atoms. The maximum Gasteiger partial charge on any atom is 0.242 e. The van der Waals surface area contributed by atoms with E-state index in [1.807, 2.05) is 11.0 Å². The number of carbonyl (C=O) groups is 1. The van der Waals surface area contributed by atoms with Crippen molar-refractivity contribution < 1.29 is 4.79 Å². The fourth-order valence-corrected chi connectivity index (χ4v) is 3.19. The number of benzene rings is 1. The van der Waals surface area contributed by atoms with Crippen molar-refractivity contribution in [3.63, 3.8) is 0 Å². The molecular weight excluding hydrogens is 248 g/mol. The molecule has 0 atom stereocenters. The first kappa shape index (κ1) is 13.2. The van der Waals surface area contributed by atoms with E-state index in [4.69, 9.17) is 0 Å². The van der Waals surface area contributed by atoms with Crippen LogP contribution in [0.1, 0.15) is 30.5 Å². The number of para-hydroxylation sites is 1. The Morgan fingerprint density at radius 2 is 1.80 bits per heavy atom. The van der Waals surface area contributed by atoms with Gasteiger partial charge in [-0.2, -0.15) is 0 Å². The number of rotatable bonds is 2. The Kier molecular flexibility index (Phi) is 3.51. The molecule has 0 saturated carbocycles. The lowest BCUT2D eigenvalue weighted by Gasteiger charge is -2.27. The van der Waals surface area contributed by atoms with Gasteiger partial charge in [-0.15, -0.1) is 0 Å². The van der Waals surface area contributed by atoms with Crippen molar-refractivity contribution in [3.05, 3.63) is 35.5 Å². The third-order valence-corrected chi connectivity index (χ3v) is 4.55. The molecule has 3 rings (SSSR count). The molecule has 0 N–H and O–H groups in total. The van der Waals surface area contributed by atoms with Crippen molar-refractivity contribution in [2.75, 3.05) is 13.1 Å². The van der Waals surface area contributed by atoms with Gasteiger partial charge in [0, 0.05) is 29.7 Å². The lowest BCUT2D eigenvalue weighted by atomic mass is 10.1. The average molecular weight is 270 g/mol. The molecule has 1 saturated heterocycles. The standard InChI is InChI=1S/C17H22N2O/c1-13-14(2)19(16-9-5-4-8-15(13)16)12-17(20)18-10-6-3-7-11-18/h4-5,8-9H,3,6-7,10-12H2,1-2H3. The van der Waals surface area contributed by atoms with E-state index >= 15 is 0 Å². The summed E-state index contributed by atoms with van der Waals surface area (Å²) in [7, 11) is 0. The molecule has 1 aliphatic rings. The third kappa shape index (κ3) is 2.21. The second-order valence-electron chi connectivity index (χ2n) is 5.76. The topological polar surface area (TPSA) is 25.2 Å². The number of hydrogen-bond donors (Lipinski definition) is 0. The number of amides is 1. The van der Waals surface area contributed by atoms with Crippen LogP contribution in [0.4, 0.5) is 0 Å². The fraction of sp³-hybridized carbons (Fsp3) is 0.471. The van der Waals surface area contributed by atoms with Crippen molar-refractivity contribution in [2.45, 2.75) is 39.7 Å². The maximum absolute atomic E-state index is 12.5. The molecule has 0 spiro atoms. The second kappa shape index (κ2) is 5.31. The van der Waals surface area contributed by atoms with E-state index in [1.54, 1.807) is 0 Å². The molecule has 2 heterocycles. The second-order valence-corrected chi connectivity index (χ2v) is 5.76. The predicted octanol–water partition coefficient (Wildman–Crippen LogP) is 3.27. The van der Waals surface area contributed by atoms with E-state index in [9.17, 15) is 4.79 Å². The minimum Gasteiger partial charge on any atom is -0.341 e. The number of likely N-dealkylation sites (tertiary alicyclic amines) is 1. The minimum atomic E-state index is 0.258. The highest BCUT2D eigenvalue weighted by Gasteiger charge is 2.19. The summed E-state index contributed by atoms with van der Waals surface area (Å²) in [5.74, 6) is 0.258. The summed E-state index contributed by atoms with van der Waals surface area (Å²) in [5.41, 5.74) is 3.66. The SMILES string of the molecule is Cc1c(C)n(CC(=O)N2CCCCC2)c2ccccc12. The maximum atomic E-state index is 12.5. The number of aryl methyl sites for hydroxylation is 1. The monoisotopic (exact) mass is 270 g/mol. The van der Waals surface area contributed by atoms with Gasteiger partial charge in [-0.3, -0.25) is 4.79 Å². The number of piperidine rings is 1. The average Bonchev–Trinajstić information content (AvgIpc) is 2.74. The van der Waals surface area contributed by atoms with Crippen LogP contribution in [0.15, 0.2) is 24.3 Å². The van der Waals surface area contributed by atoms with E-state index in [-0.39, 0.29) is 5.91 Å². The highest BCUT2D eigenvalue weighted by molar-refractivity contribution is 5.87. The third-order valence-electron chi connectivity index (χ3n) is 4.55. The molecule has 0 unspecified atom stereocenters. The molecular formula is C17H22N2O. The van der Waals surface area contributed by atoms with E-state index in [1.165, 1.54) is 28.6 Å². The molecule has 0 aliphatic carbocycles. The largest absolute Gasteiger partial charge is 0.341 e. The molecule has 106 valence electrons.